The standard InChI is InChI=1S/C12H9BrN2O4/c13-9-5-11(15(17)18)12(14-6-9)19-10-3-1-2-8(4-10)7-16/h1-6,16H,7H2. The van der Waals surface area contributed by atoms with Gasteiger partial charge in [0.1, 0.15) is 5.75 Å². The summed E-state index contributed by atoms with van der Waals surface area (Å²) >= 11 is 3.12. The number of aliphatic hydroxyl groups is 1. The molecule has 2 aromatic rings. The highest BCUT2D eigenvalue weighted by atomic mass is 79.9. The summed E-state index contributed by atoms with van der Waals surface area (Å²) in [5.41, 5.74) is 0.418. The lowest BCUT2D eigenvalue weighted by atomic mass is 10.2. The quantitative estimate of drug-likeness (QED) is 0.690. The van der Waals surface area contributed by atoms with E-state index in [2.05, 4.69) is 20.9 Å². The summed E-state index contributed by atoms with van der Waals surface area (Å²) in [5.74, 6) is 0.285. The minimum Gasteiger partial charge on any atom is -0.434 e. The van der Waals surface area contributed by atoms with Gasteiger partial charge in [0.05, 0.1) is 11.5 Å². The maximum absolute atomic E-state index is 10.9. The number of nitrogens with zero attached hydrogens (tertiary/aromatic N) is 2. The van der Waals surface area contributed by atoms with Crippen LogP contribution in [-0.2, 0) is 6.61 Å². The van der Waals surface area contributed by atoms with Crippen molar-refractivity contribution in [1.29, 1.82) is 0 Å². The molecule has 98 valence electrons. The van der Waals surface area contributed by atoms with E-state index in [4.69, 9.17) is 9.84 Å². The highest BCUT2D eigenvalue weighted by Gasteiger charge is 2.18. The molecule has 19 heavy (non-hydrogen) atoms. The van der Waals surface area contributed by atoms with Crippen molar-refractivity contribution in [2.45, 2.75) is 6.61 Å². The topological polar surface area (TPSA) is 85.5 Å². The number of ether oxygens (including phenoxy) is 1. The summed E-state index contributed by atoms with van der Waals surface area (Å²) in [6.07, 6.45) is 1.41. The average Bonchev–Trinajstić information content (AvgIpc) is 2.41. The van der Waals surface area contributed by atoms with E-state index in [1.807, 2.05) is 0 Å². The first-order valence-electron chi connectivity index (χ1n) is 5.27. The van der Waals surface area contributed by atoms with Crippen LogP contribution in [0.2, 0.25) is 0 Å². The van der Waals surface area contributed by atoms with Crippen molar-refractivity contribution in [1.82, 2.24) is 4.98 Å². The number of aromatic nitrogens is 1. The second-order valence-corrected chi connectivity index (χ2v) is 4.56. The van der Waals surface area contributed by atoms with Gasteiger partial charge in [0.2, 0.25) is 0 Å². The number of hydrogen-bond acceptors (Lipinski definition) is 5. The second-order valence-electron chi connectivity index (χ2n) is 3.64. The molecule has 0 aliphatic rings. The first-order valence-corrected chi connectivity index (χ1v) is 6.07. The van der Waals surface area contributed by atoms with Gasteiger partial charge in [-0.1, -0.05) is 12.1 Å². The Kier molecular flexibility index (Phi) is 4.08. The predicted molar refractivity (Wildman–Crippen MR) is 71.0 cm³/mol. The Bertz CT molecular complexity index is 618. The first kappa shape index (κ1) is 13.4. The lowest BCUT2D eigenvalue weighted by Gasteiger charge is -2.06. The number of aliphatic hydroxyl groups excluding tert-OH is 1. The predicted octanol–water partition coefficient (Wildman–Crippen LogP) is 3.04. The molecule has 0 unspecified atom stereocenters. The van der Waals surface area contributed by atoms with Crippen molar-refractivity contribution in [3.05, 3.63) is 56.7 Å². The Morgan fingerprint density at radius 3 is 2.89 bits per heavy atom. The Morgan fingerprint density at radius 1 is 1.42 bits per heavy atom. The van der Waals surface area contributed by atoms with Gasteiger partial charge < -0.3 is 9.84 Å². The number of pyridine rings is 1. The summed E-state index contributed by atoms with van der Waals surface area (Å²) in [6, 6.07) is 7.94. The number of hydrogen-bond donors (Lipinski definition) is 1. The molecule has 2 rings (SSSR count). The van der Waals surface area contributed by atoms with Crippen molar-refractivity contribution in [2.75, 3.05) is 0 Å². The van der Waals surface area contributed by atoms with E-state index in [9.17, 15) is 10.1 Å². The molecule has 6 nitrogen and oxygen atoms in total. The molecule has 0 amide bonds. The fourth-order valence-electron chi connectivity index (χ4n) is 1.44. The molecular formula is C12H9BrN2O4. The van der Waals surface area contributed by atoms with Gasteiger partial charge in [-0.05, 0) is 33.6 Å². The van der Waals surface area contributed by atoms with Gasteiger partial charge in [0, 0.05) is 16.7 Å². The van der Waals surface area contributed by atoms with Gasteiger partial charge in [-0.3, -0.25) is 10.1 Å². The largest absolute Gasteiger partial charge is 0.434 e. The smallest absolute Gasteiger partial charge is 0.332 e. The van der Waals surface area contributed by atoms with E-state index < -0.39 is 4.92 Å². The number of nitro groups is 1. The zero-order valence-electron chi connectivity index (χ0n) is 9.62. The molecule has 0 aliphatic carbocycles. The second kappa shape index (κ2) is 5.77. The van der Waals surface area contributed by atoms with Crippen molar-refractivity contribution in [2.24, 2.45) is 0 Å². The van der Waals surface area contributed by atoms with E-state index in [1.165, 1.54) is 12.3 Å². The third-order valence-electron chi connectivity index (χ3n) is 2.29. The molecule has 0 aliphatic heterocycles. The Morgan fingerprint density at radius 2 is 2.21 bits per heavy atom. The van der Waals surface area contributed by atoms with Crippen LogP contribution < -0.4 is 4.74 Å². The van der Waals surface area contributed by atoms with Crippen LogP contribution in [0.3, 0.4) is 0 Å². The van der Waals surface area contributed by atoms with E-state index in [0.29, 0.717) is 15.8 Å². The van der Waals surface area contributed by atoms with Crippen molar-refractivity contribution < 1.29 is 14.8 Å². The monoisotopic (exact) mass is 324 g/mol. The van der Waals surface area contributed by atoms with Crippen LogP contribution >= 0.6 is 15.9 Å². The van der Waals surface area contributed by atoms with E-state index in [0.717, 1.165) is 0 Å². The third kappa shape index (κ3) is 3.27. The average molecular weight is 325 g/mol. The molecule has 1 N–H and O–H groups in total. The van der Waals surface area contributed by atoms with Crippen LogP contribution in [0.1, 0.15) is 5.56 Å². The molecule has 1 heterocycles. The summed E-state index contributed by atoms with van der Waals surface area (Å²) < 4.78 is 5.88. The summed E-state index contributed by atoms with van der Waals surface area (Å²) in [7, 11) is 0. The van der Waals surface area contributed by atoms with Gasteiger partial charge in [0.25, 0.3) is 5.88 Å². The van der Waals surface area contributed by atoms with Crippen molar-refractivity contribution in [3.63, 3.8) is 0 Å². The fourth-order valence-corrected chi connectivity index (χ4v) is 1.76. The zero-order chi connectivity index (χ0) is 13.8. The third-order valence-corrected chi connectivity index (χ3v) is 2.72. The van der Waals surface area contributed by atoms with E-state index in [-0.39, 0.29) is 18.2 Å². The number of halogens is 1. The van der Waals surface area contributed by atoms with Crippen molar-refractivity contribution >= 4 is 21.6 Å². The first-order chi connectivity index (χ1) is 9.10. The lowest BCUT2D eigenvalue weighted by molar-refractivity contribution is -0.386. The fraction of sp³-hybridized carbons (Fsp3) is 0.0833. The van der Waals surface area contributed by atoms with Gasteiger partial charge in [-0.15, -0.1) is 0 Å². The highest BCUT2D eigenvalue weighted by Crippen LogP contribution is 2.31. The van der Waals surface area contributed by atoms with Crippen LogP contribution in [0.15, 0.2) is 41.0 Å². The molecule has 0 fully saturated rings. The van der Waals surface area contributed by atoms with Crippen LogP contribution in [0.4, 0.5) is 5.69 Å². The number of benzene rings is 1. The number of rotatable bonds is 4. The molecule has 7 heteroatoms. The minimum absolute atomic E-state index is 0.0942. The summed E-state index contributed by atoms with van der Waals surface area (Å²) in [5, 5.41) is 19.9. The van der Waals surface area contributed by atoms with Crippen LogP contribution in [0.25, 0.3) is 0 Å². The van der Waals surface area contributed by atoms with Crippen molar-refractivity contribution in [3.8, 4) is 11.6 Å². The van der Waals surface area contributed by atoms with E-state index >= 15 is 0 Å². The molecule has 0 saturated carbocycles. The van der Waals surface area contributed by atoms with Gasteiger partial charge in [0.15, 0.2) is 0 Å². The lowest BCUT2D eigenvalue weighted by Crippen LogP contribution is -1.96. The Labute approximate surface area is 117 Å². The minimum atomic E-state index is -0.566. The molecule has 1 aromatic carbocycles. The molecule has 0 spiro atoms. The maximum Gasteiger partial charge on any atom is 0.332 e. The van der Waals surface area contributed by atoms with Crippen LogP contribution in [0.5, 0.6) is 11.6 Å². The Balaban J connectivity index is 2.34. The molecule has 0 radical (unpaired) electrons. The molecule has 0 saturated heterocycles. The van der Waals surface area contributed by atoms with E-state index in [1.54, 1.807) is 24.3 Å². The normalized spacial score (nSPS) is 10.2. The summed E-state index contributed by atoms with van der Waals surface area (Å²) in [4.78, 5) is 14.2. The molecular weight excluding hydrogens is 316 g/mol. The molecule has 0 atom stereocenters. The Hall–Kier alpha value is -1.99. The van der Waals surface area contributed by atoms with Crippen LogP contribution in [-0.4, -0.2) is 15.0 Å². The van der Waals surface area contributed by atoms with Gasteiger partial charge in [-0.25, -0.2) is 4.98 Å². The zero-order valence-corrected chi connectivity index (χ0v) is 11.2. The van der Waals surface area contributed by atoms with Gasteiger partial charge in [-0.2, -0.15) is 0 Å². The SMILES string of the molecule is O=[N+]([O-])c1cc(Br)cnc1Oc1cccc(CO)c1. The highest BCUT2D eigenvalue weighted by molar-refractivity contribution is 9.10. The van der Waals surface area contributed by atoms with Crippen LogP contribution in [0, 0.1) is 10.1 Å². The maximum atomic E-state index is 10.9. The summed E-state index contributed by atoms with van der Waals surface area (Å²) in [6.45, 7) is -0.132. The van der Waals surface area contributed by atoms with Gasteiger partial charge >= 0.3 is 5.69 Å². The molecule has 1 aromatic heterocycles. The molecule has 0 bridgehead atoms.